The van der Waals surface area contributed by atoms with E-state index >= 15 is 0 Å². The molecule has 0 aliphatic carbocycles. The number of morpholine rings is 1. The summed E-state index contributed by atoms with van der Waals surface area (Å²) in [4.78, 5) is 7.37. The quantitative estimate of drug-likeness (QED) is 0.776. The first-order valence-corrected chi connectivity index (χ1v) is 10.1. The zero-order chi connectivity index (χ0) is 18.0. The molecule has 0 unspecified atom stereocenters. The van der Waals surface area contributed by atoms with Gasteiger partial charge in [-0.25, -0.2) is 17.7 Å². The maximum Gasteiger partial charge on any atom is 0.242 e. The second-order valence-electron chi connectivity index (χ2n) is 6.51. The van der Waals surface area contributed by atoms with Gasteiger partial charge in [-0.15, -0.1) is 0 Å². The van der Waals surface area contributed by atoms with Crippen molar-refractivity contribution in [3.05, 3.63) is 24.0 Å². The third kappa shape index (κ3) is 3.72. The Balaban J connectivity index is 2.00. The molecule has 25 heavy (non-hydrogen) atoms. The molecule has 0 bridgehead atoms. The van der Waals surface area contributed by atoms with Crippen LogP contribution < -0.4 is 0 Å². The maximum atomic E-state index is 12.4. The summed E-state index contributed by atoms with van der Waals surface area (Å²) in [5.41, 5.74) is 1.72. The smallest absolute Gasteiger partial charge is 0.242 e. The standard InChI is InChI=1S/C17H26N4O3S/c1-4-7-21-16-6-5-14(25(22,23)19(2)3)12-15(16)18-17(21)13-20-8-10-24-11-9-20/h5-6,12H,4,7-11,13H2,1-3H3. The largest absolute Gasteiger partial charge is 0.379 e. The van der Waals surface area contributed by atoms with Crippen molar-refractivity contribution in [2.75, 3.05) is 40.4 Å². The van der Waals surface area contributed by atoms with Crippen molar-refractivity contribution in [3.8, 4) is 0 Å². The number of ether oxygens (including phenoxy) is 1. The predicted molar refractivity (Wildman–Crippen MR) is 97.0 cm³/mol. The van der Waals surface area contributed by atoms with Gasteiger partial charge in [-0.2, -0.15) is 0 Å². The van der Waals surface area contributed by atoms with Crippen molar-refractivity contribution in [1.29, 1.82) is 0 Å². The fraction of sp³-hybridized carbons (Fsp3) is 0.588. The molecule has 2 aromatic rings. The summed E-state index contributed by atoms with van der Waals surface area (Å²) in [7, 11) is -0.373. The van der Waals surface area contributed by atoms with Crippen LogP contribution >= 0.6 is 0 Å². The number of aryl methyl sites for hydroxylation is 1. The third-order valence-corrected chi connectivity index (χ3v) is 6.30. The first-order valence-electron chi connectivity index (χ1n) is 8.65. The van der Waals surface area contributed by atoms with Gasteiger partial charge in [0.25, 0.3) is 0 Å². The Morgan fingerprint density at radius 1 is 1.24 bits per heavy atom. The van der Waals surface area contributed by atoms with Crippen LogP contribution in [0.15, 0.2) is 23.1 Å². The molecule has 1 aliphatic heterocycles. The van der Waals surface area contributed by atoms with Crippen molar-refractivity contribution < 1.29 is 13.2 Å². The highest BCUT2D eigenvalue weighted by Gasteiger charge is 2.21. The average molecular weight is 366 g/mol. The third-order valence-electron chi connectivity index (χ3n) is 4.49. The molecule has 3 rings (SSSR count). The van der Waals surface area contributed by atoms with Gasteiger partial charge >= 0.3 is 0 Å². The lowest BCUT2D eigenvalue weighted by atomic mass is 10.3. The van der Waals surface area contributed by atoms with Crippen molar-refractivity contribution in [2.45, 2.75) is 31.3 Å². The number of fused-ring (bicyclic) bond motifs is 1. The summed E-state index contributed by atoms with van der Waals surface area (Å²) in [6, 6.07) is 5.22. The summed E-state index contributed by atoms with van der Waals surface area (Å²) >= 11 is 0. The normalized spacial score (nSPS) is 16.8. The van der Waals surface area contributed by atoms with E-state index in [2.05, 4.69) is 16.4 Å². The topological polar surface area (TPSA) is 67.7 Å². The Morgan fingerprint density at radius 3 is 2.60 bits per heavy atom. The lowest BCUT2D eigenvalue weighted by Gasteiger charge is -2.26. The predicted octanol–water partition coefficient (Wildman–Crippen LogP) is 1.53. The number of hydrogen-bond donors (Lipinski definition) is 0. The summed E-state index contributed by atoms with van der Waals surface area (Å²) in [5, 5.41) is 0. The first-order chi connectivity index (χ1) is 11.9. The number of rotatable bonds is 6. The Kier molecular flexibility index (Phi) is 5.43. The molecule has 1 saturated heterocycles. The van der Waals surface area contributed by atoms with E-state index in [1.54, 1.807) is 26.2 Å². The summed E-state index contributed by atoms with van der Waals surface area (Å²) < 4.78 is 33.6. The van der Waals surface area contributed by atoms with Crippen LogP contribution in [0.2, 0.25) is 0 Å². The molecule has 0 spiro atoms. The lowest BCUT2D eigenvalue weighted by molar-refractivity contribution is 0.0326. The molecule has 0 N–H and O–H groups in total. The number of aromatic nitrogens is 2. The van der Waals surface area contributed by atoms with Crippen LogP contribution in [0.3, 0.4) is 0 Å². The fourth-order valence-corrected chi connectivity index (χ4v) is 4.01. The molecule has 1 fully saturated rings. The number of nitrogens with zero attached hydrogens (tertiary/aromatic N) is 4. The van der Waals surface area contributed by atoms with Crippen LogP contribution in [0, 0.1) is 0 Å². The van der Waals surface area contributed by atoms with E-state index in [-0.39, 0.29) is 4.90 Å². The van der Waals surface area contributed by atoms with Crippen LogP contribution in [0.5, 0.6) is 0 Å². The van der Waals surface area contributed by atoms with Crippen molar-refractivity contribution in [2.24, 2.45) is 0 Å². The Labute approximate surface area is 149 Å². The summed E-state index contributed by atoms with van der Waals surface area (Å²) in [6.07, 6.45) is 0.999. The molecule has 8 heteroatoms. The Morgan fingerprint density at radius 2 is 1.96 bits per heavy atom. The van der Waals surface area contributed by atoms with Gasteiger partial charge in [-0.3, -0.25) is 4.90 Å². The SMILES string of the molecule is CCCn1c(CN2CCOCC2)nc2cc(S(=O)(=O)N(C)C)ccc21. The van der Waals surface area contributed by atoms with Gasteiger partial charge in [0.05, 0.1) is 35.7 Å². The highest BCUT2D eigenvalue weighted by Crippen LogP contribution is 2.23. The van der Waals surface area contributed by atoms with Crippen LogP contribution in [0.1, 0.15) is 19.2 Å². The van der Waals surface area contributed by atoms with Crippen molar-refractivity contribution in [1.82, 2.24) is 18.8 Å². The molecule has 1 aliphatic rings. The van der Waals surface area contributed by atoms with Gasteiger partial charge in [-0.1, -0.05) is 6.92 Å². The second kappa shape index (κ2) is 7.41. The molecular formula is C17H26N4O3S. The minimum Gasteiger partial charge on any atom is -0.379 e. The van der Waals surface area contributed by atoms with Crippen LogP contribution in [0.4, 0.5) is 0 Å². The fourth-order valence-electron chi connectivity index (χ4n) is 3.08. The maximum absolute atomic E-state index is 12.4. The molecule has 138 valence electrons. The van der Waals surface area contributed by atoms with E-state index in [1.807, 2.05) is 6.07 Å². The molecule has 2 heterocycles. The van der Waals surface area contributed by atoms with Gasteiger partial charge in [0.15, 0.2) is 0 Å². The Bertz CT molecular complexity index is 839. The van der Waals surface area contributed by atoms with Crippen LogP contribution in [0.25, 0.3) is 11.0 Å². The minimum absolute atomic E-state index is 0.282. The van der Waals surface area contributed by atoms with E-state index in [1.165, 1.54) is 4.31 Å². The first kappa shape index (κ1) is 18.3. The number of hydrogen-bond acceptors (Lipinski definition) is 5. The molecule has 7 nitrogen and oxygen atoms in total. The number of imidazole rings is 1. The second-order valence-corrected chi connectivity index (χ2v) is 8.66. The molecule has 0 atom stereocenters. The monoisotopic (exact) mass is 366 g/mol. The summed E-state index contributed by atoms with van der Waals surface area (Å²) in [5.74, 6) is 0.984. The van der Waals surface area contributed by atoms with E-state index in [4.69, 9.17) is 9.72 Å². The van der Waals surface area contributed by atoms with Gasteiger partial charge in [-0.05, 0) is 24.6 Å². The number of sulfonamides is 1. The molecular weight excluding hydrogens is 340 g/mol. The van der Waals surface area contributed by atoms with Gasteiger partial charge in [0.2, 0.25) is 10.0 Å². The van der Waals surface area contributed by atoms with Crippen LogP contribution in [-0.2, 0) is 27.8 Å². The lowest BCUT2D eigenvalue weighted by Crippen LogP contribution is -2.36. The van der Waals surface area contributed by atoms with Crippen molar-refractivity contribution >= 4 is 21.1 Å². The molecule has 1 aromatic heterocycles. The summed E-state index contributed by atoms with van der Waals surface area (Å²) in [6.45, 7) is 7.06. The number of benzene rings is 1. The van der Waals surface area contributed by atoms with E-state index < -0.39 is 10.0 Å². The van der Waals surface area contributed by atoms with Gasteiger partial charge < -0.3 is 9.30 Å². The van der Waals surface area contributed by atoms with Crippen molar-refractivity contribution in [3.63, 3.8) is 0 Å². The average Bonchev–Trinajstić information content (AvgIpc) is 2.92. The zero-order valence-corrected chi connectivity index (χ0v) is 15.9. The molecule has 0 amide bonds. The molecule has 0 saturated carbocycles. The highest BCUT2D eigenvalue weighted by molar-refractivity contribution is 7.89. The Hall–Kier alpha value is -1.48. The molecule has 0 radical (unpaired) electrons. The highest BCUT2D eigenvalue weighted by atomic mass is 32.2. The zero-order valence-electron chi connectivity index (χ0n) is 15.1. The van der Waals surface area contributed by atoms with Crippen LogP contribution in [-0.4, -0.2) is 67.6 Å². The van der Waals surface area contributed by atoms with E-state index in [0.717, 1.165) is 62.7 Å². The van der Waals surface area contributed by atoms with Gasteiger partial charge in [0, 0.05) is 33.7 Å². The molecule has 1 aromatic carbocycles. The van der Waals surface area contributed by atoms with E-state index in [0.29, 0.717) is 0 Å². The van der Waals surface area contributed by atoms with Gasteiger partial charge in [0.1, 0.15) is 5.82 Å². The van der Waals surface area contributed by atoms with E-state index in [9.17, 15) is 8.42 Å². The minimum atomic E-state index is -3.45.